The van der Waals surface area contributed by atoms with Crippen LogP contribution in [-0.2, 0) is 4.79 Å². The average molecular weight is 528 g/mol. The molecule has 168 valence electrons. The second-order valence-corrected chi connectivity index (χ2v) is 8.48. The van der Waals surface area contributed by atoms with Gasteiger partial charge in [-0.15, -0.1) is 24.0 Å². The molecule has 1 aliphatic heterocycles. The van der Waals surface area contributed by atoms with Gasteiger partial charge >= 0.3 is 0 Å². The number of carbonyl (C=O) groups is 1. The fraction of sp³-hybridized carbons (Fsp3) is 0.682. The fourth-order valence-electron chi connectivity index (χ4n) is 4.01. The number of likely N-dealkylation sites (N-methyl/N-ethyl adjacent to an activating group) is 1. The Morgan fingerprint density at radius 1 is 1.10 bits per heavy atom. The number of guanidine groups is 1. The molecular weight excluding hydrogens is 491 g/mol. The Kier molecular flexibility index (Phi) is 10.1. The van der Waals surface area contributed by atoms with Crippen molar-refractivity contribution in [3.8, 4) is 0 Å². The Hall–Kier alpha value is -1.58. The summed E-state index contributed by atoms with van der Waals surface area (Å²) in [6.07, 6.45) is 8.28. The Morgan fingerprint density at radius 3 is 2.33 bits per heavy atom. The average Bonchev–Trinajstić information content (AvgIpc) is 2.73. The molecule has 8 heteroatoms. The van der Waals surface area contributed by atoms with Crippen LogP contribution >= 0.6 is 24.0 Å². The number of anilines is 1. The summed E-state index contributed by atoms with van der Waals surface area (Å²) in [7, 11) is 3.54. The summed E-state index contributed by atoms with van der Waals surface area (Å²) in [6, 6.07) is 7.02. The maximum Gasteiger partial charge on any atom is 0.243 e. The molecule has 0 bridgehead atoms. The Labute approximate surface area is 198 Å². The highest BCUT2D eigenvalue weighted by Crippen LogP contribution is 2.19. The molecule has 1 aliphatic carbocycles. The SMILES string of the molecule is Cc1cccc(N2CCC(NC(=NCC(=O)N(C)C)NC3CCCCC3)CC2)n1.I. The first-order chi connectivity index (χ1) is 14.0. The van der Waals surface area contributed by atoms with Crippen molar-refractivity contribution in [2.75, 3.05) is 38.6 Å². The molecule has 0 aromatic carbocycles. The second-order valence-electron chi connectivity index (χ2n) is 8.48. The lowest BCUT2D eigenvalue weighted by Crippen LogP contribution is -2.51. The van der Waals surface area contributed by atoms with Crippen LogP contribution in [0.15, 0.2) is 23.2 Å². The topological polar surface area (TPSA) is 72.9 Å². The van der Waals surface area contributed by atoms with Gasteiger partial charge in [-0.25, -0.2) is 9.98 Å². The highest BCUT2D eigenvalue weighted by atomic mass is 127. The minimum absolute atomic E-state index is 0. The maximum absolute atomic E-state index is 12.0. The summed E-state index contributed by atoms with van der Waals surface area (Å²) in [4.78, 5) is 25.2. The van der Waals surface area contributed by atoms with E-state index >= 15 is 0 Å². The molecule has 1 saturated carbocycles. The number of carbonyl (C=O) groups excluding carboxylic acids is 1. The molecule has 2 N–H and O–H groups in total. The van der Waals surface area contributed by atoms with Crippen molar-refractivity contribution >= 4 is 41.7 Å². The largest absolute Gasteiger partial charge is 0.356 e. The van der Waals surface area contributed by atoms with Crippen LogP contribution in [-0.4, -0.2) is 67.6 Å². The van der Waals surface area contributed by atoms with Gasteiger partial charge in [0.2, 0.25) is 5.91 Å². The van der Waals surface area contributed by atoms with Crippen molar-refractivity contribution in [2.45, 2.75) is 64.0 Å². The predicted molar refractivity (Wildman–Crippen MR) is 134 cm³/mol. The van der Waals surface area contributed by atoms with Gasteiger partial charge < -0.3 is 20.4 Å². The van der Waals surface area contributed by atoms with Crippen LogP contribution in [0.25, 0.3) is 0 Å². The number of amides is 1. The molecule has 0 unspecified atom stereocenters. The number of halogens is 1. The van der Waals surface area contributed by atoms with Crippen LogP contribution in [0.5, 0.6) is 0 Å². The van der Waals surface area contributed by atoms with E-state index in [4.69, 9.17) is 0 Å². The summed E-state index contributed by atoms with van der Waals surface area (Å²) < 4.78 is 0. The number of rotatable bonds is 5. The Bertz CT molecular complexity index is 697. The van der Waals surface area contributed by atoms with E-state index in [1.54, 1.807) is 19.0 Å². The molecule has 30 heavy (non-hydrogen) atoms. The first kappa shape index (κ1) is 24.7. The van der Waals surface area contributed by atoms with Crippen molar-refractivity contribution in [3.63, 3.8) is 0 Å². The van der Waals surface area contributed by atoms with Crippen molar-refractivity contribution in [1.82, 2.24) is 20.5 Å². The van der Waals surface area contributed by atoms with Crippen LogP contribution in [0.1, 0.15) is 50.6 Å². The van der Waals surface area contributed by atoms with E-state index in [1.165, 1.54) is 32.1 Å². The van der Waals surface area contributed by atoms with Crippen LogP contribution in [0.3, 0.4) is 0 Å². The Balaban J connectivity index is 0.00000320. The van der Waals surface area contributed by atoms with Crippen LogP contribution in [0, 0.1) is 6.92 Å². The van der Waals surface area contributed by atoms with Gasteiger partial charge in [0.25, 0.3) is 0 Å². The summed E-state index contributed by atoms with van der Waals surface area (Å²) >= 11 is 0. The standard InChI is InChI=1S/C22H36N6O.HI/c1-17-8-7-11-20(24-17)28-14-12-19(13-15-28)26-22(23-16-21(29)27(2)3)25-18-9-5-4-6-10-18;/h7-8,11,18-19H,4-6,9-10,12-16H2,1-3H3,(H2,23,25,26);1H. The molecule has 0 atom stereocenters. The van der Waals surface area contributed by atoms with Gasteiger partial charge in [0.15, 0.2) is 5.96 Å². The quantitative estimate of drug-likeness (QED) is 0.350. The van der Waals surface area contributed by atoms with E-state index in [-0.39, 0.29) is 36.4 Å². The van der Waals surface area contributed by atoms with E-state index in [0.29, 0.717) is 12.1 Å². The van der Waals surface area contributed by atoms with Crippen molar-refractivity contribution < 1.29 is 4.79 Å². The van der Waals surface area contributed by atoms with E-state index in [0.717, 1.165) is 43.4 Å². The normalized spacial score (nSPS) is 18.5. The zero-order chi connectivity index (χ0) is 20.6. The second kappa shape index (κ2) is 12.3. The summed E-state index contributed by atoms with van der Waals surface area (Å²) in [6.45, 7) is 4.16. The smallest absolute Gasteiger partial charge is 0.243 e. The van der Waals surface area contributed by atoms with Gasteiger partial charge in [-0.3, -0.25) is 4.79 Å². The third-order valence-electron chi connectivity index (χ3n) is 5.85. The monoisotopic (exact) mass is 528 g/mol. The van der Waals surface area contributed by atoms with Gasteiger partial charge in [-0.05, 0) is 44.7 Å². The summed E-state index contributed by atoms with van der Waals surface area (Å²) in [5.41, 5.74) is 1.06. The lowest BCUT2D eigenvalue weighted by Gasteiger charge is -2.34. The van der Waals surface area contributed by atoms with Crippen molar-refractivity contribution in [2.24, 2.45) is 4.99 Å². The number of pyridine rings is 1. The van der Waals surface area contributed by atoms with Crippen LogP contribution < -0.4 is 15.5 Å². The third kappa shape index (κ3) is 7.59. The third-order valence-corrected chi connectivity index (χ3v) is 5.85. The fourth-order valence-corrected chi connectivity index (χ4v) is 4.01. The van der Waals surface area contributed by atoms with Crippen LogP contribution in [0.2, 0.25) is 0 Å². The van der Waals surface area contributed by atoms with E-state index < -0.39 is 0 Å². The van der Waals surface area contributed by atoms with E-state index in [2.05, 4.69) is 37.6 Å². The molecule has 2 heterocycles. The van der Waals surface area contributed by atoms with Gasteiger partial charge in [-0.2, -0.15) is 0 Å². The highest BCUT2D eigenvalue weighted by molar-refractivity contribution is 14.0. The first-order valence-electron chi connectivity index (χ1n) is 11.0. The molecule has 2 fully saturated rings. The lowest BCUT2D eigenvalue weighted by molar-refractivity contribution is -0.127. The molecule has 3 rings (SSSR count). The first-order valence-corrected chi connectivity index (χ1v) is 11.0. The van der Waals surface area contributed by atoms with Gasteiger partial charge in [0.1, 0.15) is 12.4 Å². The molecular formula is C22H37IN6O. The predicted octanol–water partition coefficient (Wildman–Crippen LogP) is 2.93. The van der Waals surface area contributed by atoms with E-state index in [1.807, 2.05) is 13.0 Å². The molecule has 1 aromatic rings. The number of nitrogens with zero attached hydrogens (tertiary/aromatic N) is 4. The minimum atomic E-state index is 0. The van der Waals surface area contributed by atoms with Crippen molar-refractivity contribution in [1.29, 1.82) is 0 Å². The number of piperidine rings is 1. The summed E-state index contributed by atoms with van der Waals surface area (Å²) in [5.74, 6) is 1.88. The number of nitrogens with one attached hydrogen (secondary N) is 2. The highest BCUT2D eigenvalue weighted by Gasteiger charge is 2.22. The van der Waals surface area contributed by atoms with Crippen molar-refractivity contribution in [3.05, 3.63) is 23.9 Å². The Morgan fingerprint density at radius 2 is 1.73 bits per heavy atom. The molecule has 0 spiro atoms. The zero-order valence-corrected chi connectivity index (χ0v) is 20.9. The molecule has 2 aliphatic rings. The number of hydrogen-bond donors (Lipinski definition) is 2. The lowest BCUT2D eigenvalue weighted by atomic mass is 9.95. The molecule has 1 aromatic heterocycles. The minimum Gasteiger partial charge on any atom is -0.356 e. The number of aromatic nitrogens is 1. The van der Waals surface area contributed by atoms with Gasteiger partial charge in [0.05, 0.1) is 0 Å². The van der Waals surface area contributed by atoms with Gasteiger partial charge in [-0.1, -0.05) is 25.3 Å². The molecule has 1 amide bonds. The van der Waals surface area contributed by atoms with Crippen LogP contribution in [0.4, 0.5) is 5.82 Å². The van der Waals surface area contributed by atoms with E-state index in [9.17, 15) is 4.79 Å². The number of aryl methyl sites for hydroxylation is 1. The number of hydrogen-bond acceptors (Lipinski definition) is 4. The summed E-state index contributed by atoms with van der Waals surface area (Å²) in [5, 5.41) is 7.19. The number of aliphatic imine (C=N–C) groups is 1. The molecule has 7 nitrogen and oxygen atoms in total. The van der Waals surface area contributed by atoms with Gasteiger partial charge in [0, 0.05) is 45.0 Å². The maximum atomic E-state index is 12.0. The molecule has 1 saturated heterocycles. The zero-order valence-electron chi connectivity index (χ0n) is 18.6. The molecule has 0 radical (unpaired) electrons.